The molecule has 0 unspecified atom stereocenters. The number of nitriles is 1. The molecule has 1 saturated heterocycles. The number of benzene rings is 1. The smallest absolute Gasteiger partial charge is 0.0695 e. The van der Waals surface area contributed by atoms with Crippen LogP contribution < -0.4 is 0 Å². The minimum absolute atomic E-state index is 0.261. The first-order chi connectivity index (χ1) is 7.74. The molecule has 0 atom stereocenters. The van der Waals surface area contributed by atoms with E-state index in [0.29, 0.717) is 13.2 Å². The summed E-state index contributed by atoms with van der Waals surface area (Å²) in [6, 6.07) is 10.2. The van der Waals surface area contributed by atoms with Gasteiger partial charge in [0.2, 0.25) is 0 Å². The zero-order valence-electron chi connectivity index (χ0n) is 9.08. The van der Waals surface area contributed by atoms with Gasteiger partial charge < -0.3 is 4.74 Å². The van der Waals surface area contributed by atoms with E-state index in [1.54, 1.807) is 0 Å². The van der Waals surface area contributed by atoms with Gasteiger partial charge in [0, 0.05) is 18.2 Å². The summed E-state index contributed by atoms with van der Waals surface area (Å²) in [5, 5.41) is 10.1. The second kappa shape index (κ2) is 4.86. The van der Waals surface area contributed by atoms with Crippen LogP contribution >= 0.6 is 11.6 Å². The maximum atomic E-state index is 9.33. The van der Waals surface area contributed by atoms with Crippen molar-refractivity contribution in [2.45, 2.75) is 19.3 Å². The van der Waals surface area contributed by atoms with Gasteiger partial charge in [-0.2, -0.15) is 5.26 Å². The van der Waals surface area contributed by atoms with Gasteiger partial charge in [0.15, 0.2) is 0 Å². The van der Waals surface area contributed by atoms with Crippen LogP contribution in [0, 0.1) is 16.7 Å². The molecule has 0 spiro atoms. The van der Waals surface area contributed by atoms with E-state index in [0.717, 1.165) is 29.8 Å². The largest absolute Gasteiger partial charge is 0.381 e. The van der Waals surface area contributed by atoms with Crippen molar-refractivity contribution in [3.05, 3.63) is 34.9 Å². The van der Waals surface area contributed by atoms with Crippen LogP contribution in [0.4, 0.5) is 0 Å². The zero-order chi connectivity index (χ0) is 11.4. The Balaban J connectivity index is 2.15. The van der Waals surface area contributed by atoms with Gasteiger partial charge in [0.1, 0.15) is 0 Å². The Kier molecular flexibility index (Phi) is 3.48. The molecule has 0 amide bonds. The standard InChI is InChI=1S/C13H14ClNO/c14-12-3-1-2-11(8-12)9-13(10-15)4-6-16-7-5-13/h1-3,8H,4-7,9H2. The van der Waals surface area contributed by atoms with E-state index in [4.69, 9.17) is 16.3 Å². The van der Waals surface area contributed by atoms with Crippen molar-refractivity contribution in [1.29, 1.82) is 5.26 Å². The average Bonchev–Trinajstić information content (AvgIpc) is 2.30. The summed E-state index contributed by atoms with van der Waals surface area (Å²) in [5.41, 5.74) is 0.874. The van der Waals surface area contributed by atoms with Gasteiger partial charge in [-0.1, -0.05) is 23.7 Å². The monoisotopic (exact) mass is 235 g/mol. The van der Waals surface area contributed by atoms with Gasteiger partial charge in [0.25, 0.3) is 0 Å². The molecule has 2 rings (SSSR count). The predicted octanol–water partition coefficient (Wildman–Crippen LogP) is 3.20. The summed E-state index contributed by atoms with van der Waals surface area (Å²) in [6.07, 6.45) is 2.40. The molecular formula is C13H14ClNO. The molecule has 1 aliphatic rings. The van der Waals surface area contributed by atoms with Crippen LogP contribution in [-0.4, -0.2) is 13.2 Å². The molecule has 0 bridgehead atoms. The van der Waals surface area contributed by atoms with Crippen LogP contribution in [0.15, 0.2) is 24.3 Å². The third-order valence-corrected chi connectivity index (χ3v) is 3.35. The van der Waals surface area contributed by atoms with Crippen molar-refractivity contribution in [2.75, 3.05) is 13.2 Å². The normalized spacial score (nSPS) is 19.0. The minimum Gasteiger partial charge on any atom is -0.381 e. The highest BCUT2D eigenvalue weighted by Crippen LogP contribution is 2.33. The zero-order valence-corrected chi connectivity index (χ0v) is 9.83. The number of nitrogens with zero attached hydrogens (tertiary/aromatic N) is 1. The fraction of sp³-hybridized carbons (Fsp3) is 0.462. The topological polar surface area (TPSA) is 33.0 Å². The minimum atomic E-state index is -0.261. The summed E-state index contributed by atoms with van der Waals surface area (Å²) in [6.45, 7) is 1.38. The number of rotatable bonds is 2. The number of halogens is 1. The van der Waals surface area contributed by atoms with Crippen molar-refractivity contribution < 1.29 is 4.74 Å². The van der Waals surface area contributed by atoms with Gasteiger partial charge in [-0.3, -0.25) is 0 Å². The van der Waals surface area contributed by atoms with Crippen LogP contribution in [0.25, 0.3) is 0 Å². The Labute approximate surface area is 101 Å². The molecule has 0 N–H and O–H groups in total. The molecule has 1 aliphatic heterocycles. The van der Waals surface area contributed by atoms with E-state index in [9.17, 15) is 5.26 Å². The second-order valence-electron chi connectivity index (χ2n) is 4.31. The quantitative estimate of drug-likeness (QED) is 0.789. The van der Waals surface area contributed by atoms with Crippen molar-refractivity contribution >= 4 is 11.6 Å². The second-order valence-corrected chi connectivity index (χ2v) is 4.75. The molecule has 0 saturated carbocycles. The summed E-state index contributed by atoms with van der Waals surface area (Å²) in [4.78, 5) is 0. The Bertz CT molecular complexity index is 405. The lowest BCUT2D eigenvalue weighted by Gasteiger charge is -2.30. The Morgan fingerprint density at radius 3 is 2.75 bits per heavy atom. The molecule has 2 nitrogen and oxygen atoms in total. The highest BCUT2D eigenvalue weighted by Gasteiger charge is 2.32. The van der Waals surface area contributed by atoms with Crippen molar-refractivity contribution in [1.82, 2.24) is 0 Å². The van der Waals surface area contributed by atoms with Crippen molar-refractivity contribution in [3.8, 4) is 6.07 Å². The lowest BCUT2D eigenvalue weighted by atomic mass is 9.77. The lowest BCUT2D eigenvalue weighted by Crippen LogP contribution is -2.30. The van der Waals surface area contributed by atoms with Gasteiger partial charge in [-0.05, 0) is 37.0 Å². The van der Waals surface area contributed by atoms with Gasteiger partial charge in [0.05, 0.1) is 11.5 Å². The predicted molar refractivity (Wildman–Crippen MR) is 63.3 cm³/mol. The summed E-state index contributed by atoms with van der Waals surface area (Å²) < 4.78 is 5.31. The van der Waals surface area contributed by atoms with Crippen molar-refractivity contribution in [3.63, 3.8) is 0 Å². The third-order valence-electron chi connectivity index (χ3n) is 3.12. The lowest BCUT2D eigenvalue weighted by molar-refractivity contribution is 0.0406. The van der Waals surface area contributed by atoms with Crippen LogP contribution in [0.5, 0.6) is 0 Å². The van der Waals surface area contributed by atoms with Crippen LogP contribution in [-0.2, 0) is 11.2 Å². The molecule has 0 radical (unpaired) electrons. The third kappa shape index (κ3) is 2.55. The summed E-state index contributed by atoms with van der Waals surface area (Å²) in [7, 11) is 0. The molecule has 1 aromatic carbocycles. The molecule has 1 fully saturated rings. The highest BCUT2D eigenvalue weighted by atomic mass is 35.5. The first-order valence-electron chi connectivity index (χ1n) is 5.48. The number of hydrogen-bond acceptors (Lipinski definition) is 2. The van der Waals surface area contributed by atoms with E-state index in [1.165, 1.54) is 0 Å². The fourth-order valence-corrected chi connectivity index (χ4v) is 2.34. The van der Waals surface area contributed by atoms with Gasteiger partial charge in [-0.25, -0.2) is 0 Å². The van der Waals surface area contributed by atoms with E-state index in [2.05, 4.69) is 6.07 Å². The van der Waals surface area contributed by atoms with Gasteiger partial charge in [-0.15, -0.1) is 0 Å². The number of ether oxygens (including phenoxy) is 1. The molecule has 84 valence electrons. The molecule has 1 aromatic rings. The number of hydrogen-bond donors (Lipinski definition) is 0. The highest BCUT2D eigenvalue weighted by molar-refractivity contribution is 6.30. The fourth-order valence-electron chi connectivity index (χ4n) is 2.13. The summed E-state index contributed by atoms with van der Waals surface area (Å²) >= 11 is 5.94. The van der Waals surface area contributed by atoms with E-state index >= 15 is 0 Å². The van der Waals surface area contributed by atoms with Crippen LogP contribution in [0.3, 0.4) is 0 Å². The molecule has 3 heteroatoms. The van der Waals surface area contributed by atoms with Gasteiger partial charge >= 0.3 is 0 Å². The first kappa shape index (κ1) is 11.4. The maximum absolute atomic E-state index is 9.33. The maximum Gasteiger partial charge on any atom is 0.0695 e. The first-order valence-corrected chi connectivity index (χ1v) is 5.85. The Morgan fingerprint density at radius 1 is 1.38 bits per heavy atom. The summed E-state index contributed by atoms with van der Waals surface area (Å²) in [5.74, 6) is 0. The van der Waals surface area contributed by atoms with E-state index < -0.39 is 0 Å². The SMILES string of the molecule is N#CC1(Cc2cccc(Cl)c2)CCOCC1. The van der Waals surface area contributed by atoms with Crippen molar-refractivity contribution in [2.24, 2.45) is 5.41 Å². The molecule has 0 aliphatic carbocycles. The Morgan fingerprint density at radius 2 is 2.12 bits per heavy atom. The molecule has 0 aromatic heterocycles. The molecule has 1 heterocycles. The van der Waals surface area contributed by atoms with E-state index in [-0.39, 0.29) is 5.41 Å². The molecule has 16 heavy (non-hydrogen) atoms. The van der Waals surface area contributed by atoms with Crippen LogP contribution in [0.1, 0.15) is 18.4 Å². The van der Waals surface area contributed by atoms with E-state index in [1.807, 2.05) is 24.3 Å². The average molecular weight is 236 g/mol. The Hall–Kier alpha value is -1.04. The molecular weight excluding hydrogens is 222 g/mol. The van der Waals surface area contributed by atoms with Crippen LogP contribution in [0.2, 0.25) is 5.02 Å².